The van der Waals surface area contributed by atoms with Gasteiger partial charge in [0.1, 0.15) is 17.6 Å². The smallest absolute Gasteiger partial charge is 0.348 e. The third kappa shape index (κ3) is 2.46. The van der Waals surface area contributed by atoms with Gasteiger partial charge in [-0.3, -0.25) is 0 Å². The third-order valence-corrected chi connectivity index (χ3v) is 2.32. The van der Waals surface area contributed by atoms with E-state index >= 15 is 0 Å². The number of nitrogens with one attached hydrogen (secondary N) is 1. The molecule has 2 rings (SSSR count). The van der Waals surface area contributed by atoms with E-state index in [1.54, 1.807) is 0 Å². The number of H-pyrrole nitrogens is 1. The van der Waals surface area contributed by atoms with Gasteiger partial charge < -0.3 is 4.98 Å². The summed E-state index contributed by atoms with van der Waals surface area (Å²) in [5.74, 6) is -2.64. The van der Waals surface area contributed by atoms with E-state index in [2.05, 4.69) is 9.97 Å². The van der Waals surface area contributed by atoms with Gasteiger partial charge in [-0.2, -0.15) is 13.2 Å². The van der Waals surface area contributed by atoms with Gasteiger partial charge in [-0.1, -0.05) is 12.1 Å². The van der Waals surface area contributed by atoms with Gasteiger partial charge in [-0.05, 0) is 17.7 Å². The molecule has 90 valence electrons. The maximum Gasteiger partial charge on any atom is 0.402 e. The summed E-state index contributed by atoms with van der Waals surface area (Å²) in [6.07, 6.45) is -1.91. The second kappa shape index (κ2) is 4.20. The highest BCUT2D eigenvalue weighted by Gasteiger charge is 2.43. The van der Waals surface area contributed by atoms with E-state index in [0.29, 0.717) is 0 Å². The summed E-state index contributed by atoms with van der Waals surface area (Å²) in [7, 11) is 0. The molecule has 0 fully saturated rings. The zero-order valence-electron chi connectivity index (χ0n) is 8.50. The Morgan fingerprint density at radius 3 is 2.24 bits per heavy atom. The van der Waals surface area contributed by atoms with Crippen molar-refractivity contribution >= 4 is 0 Å². The molecule has 0 radical (unpaired) electrons. The van der Waals surface area contributed by atoms with Crippen molar-refractivity contribution in [2.75, 3.05) is 0 Å². The Hall–Kier alpha value is -1.85. The average Bonchev–Trinajstić information content (AvgIpc) is 2.72. The maximum atomic E-state index is 12.9. The minimum atomic E-state index is -4.48. The van der Waals surface area contributed by atoms with Crippen LogP contribution in [0.2, 0.25) is 0 Å². The number of alkyl halides is 3. The Morgan fingerprint density at radius 2 is 1.76 bits per heavy atom. The first-order chi connectivity index (χ1) is 7.98. The molecule has 0 aliphatic carbocycles. The zero-order chi connectivity index (χ0) is 12.5. The Labute approximate surface area is 94.3 Å². The average molecular weight is 244 g/mol. The number of hydrogen-bond donors (Lipinski definition) is 1. The van der Waals surface area contributed by atoms with Crippen molar-refractivity contribution in [3.8, 4) is 0 Å². The SMILES string of the molecule is Fc1ccc(C(c2ncc[nH]2)C(F)(F)F)cc1. The van der Waals surface area contributed by atoms with Gasteiger partial charge in [0.2, 0.25) is 0 Å². The monoisotopic (exact) mass is 244 g/mol. The number of aromatic amines is 1. The van der Waals surface area contributed by atoms with E-state index in [-0.39, 0.29) is 11.4 Å². The molecule has 1 unspecified atom stereocenters. The van der Waals surface area contributed by atoms with Crippen LogP contribution in [-0.4, -0.2) is 16.1 Å². The second-order valence-electron chi connectivity index (χ2n) is 3.50. The molecule has 0 spiro atoms. The van der Waals surface area contributed by atoms with E-state index in [0.717, 1.165) is 24.3 Å². The van der Waals surface area contributed by atoms with E-state index < -0.39 is 17.9 Å². The molecule has 1 heterocycles. The summed E-state index contributed by atoms with van der Waals surface area (Å²) in [6, 6.07) is 4.21. The molecule has 2 nitrogen and oxygen atoms in total. The molecule has 0 saturated carbocycles. The molecule has 1 aromatic carbocycles. The van der Waals surface area contributed by atoms with Crippen LogP contribution in [0.25, 0.3) is 0 Å². The number of nitrogens with zero attached hydrogens (tertiary/aromatic N) is 1. The van der Waals surface area contributed by atoms with Gasteiger partial charge in [0.25, 0.3) is 0 Å². The number of imidazole rings is 1. The van der Waals surface area contributed by atoms with Crippen LogP contribution in [-0.2, 0) is 0 Å². The highest BCUT2D eigenvalue weighted by atomic mass is 19.4. The standard InChI is InChI=1S/C11H8F4N2/c12-8-3-1-7(2-4-8)9(11(13,14)15)10-16-5-6-17-10/h1-6,9H,(H,16,17). The largest absolute Gasteiger partial charge is 0.402 e. The fourth-order valence-electron chi connectivity index (χ4n) is 1.59. The van der Waals surface area contributed by atoms with Crippen LogP contribution in [0.15, 0.2) is 36.7 Å². The molecule has 6 heteroatoms. The predicted molar refractivity (Wildman–Crippen MR) is 52.9 cm³/mol. The van der Waals surface area contributed by atoms with Gasteiger partial charge in [-0.15, -0.1) is 0 Å². The van der Waals surface area contributed by atoms with E-state index in [9.17, 15) is 17.6 Å². The quantitative estimate of drug-likeness (QED) is 0.807. The molecule has 17 heavy (non-hydrogen) atoms. The van der Waals surface area contributed by atoms with Crippen LogP contribution in [0, 0.1) is 5.82 Å². The summed E-state index contributed by atoms with van der Waals surface area (Å²) in [4.78, 5) is 6.04. The van der Waals surface area contributed by atoms with E-state index in [1.807, 2.05) is 0 Å². The highest BCUT2D eigenvalue weighted by molar-refractivity contribution is 5.27. The third-order valence-electron chi connectivity index (χ3n) is 2.32. The Bertz CT molecular complexity index is 473. The number of benzene rings is 1. The lowest BCUT2D eigenvalue weighted by atomic mass is 9.98. The lowest BCUT2D eigenvalue weighted by Gasteiger charge is -2.18. The molecular weight excluding hydrogens is 236 g/mol. The van der Waals surface area contributed by atoms with Crippen molar-refractivity contribution in [2.45, 2.75) is 12.1 Å². The molecule has 0 amide bonds. The molecule has 1 atom stereocenters. The summed E-state index contributed by atoms with van der Waals surface area (Å²) in [5.41, 5.74) is -0.0474. The minimum absolute atomic E-state index is 0.0474. The Morgan fingerprint density at radius 1 is 1.12 bits per heavy atom. The molecule has 0 bridgehead atoms. The predicted octanol–water partition coefficient (Wildman–Crippen LogP) is 3.24. The van der Waals surface area contributed by atoms with Crippen LogP contribution < -0.4 is 0 Å². The normalized spacial score (nSPS) is 13.6. The molecule has 0 aliphatic rings. The van der Waals surface area contributed by atoms with Gasteiger partial charge in [0.05, 0.1) is 0 Å². The lowest BCUT2D eigenvalue weighted by Crippen LogP contribution is -2.23. The Kier molecular flexibility index (Phi) is 2.87. The number of halogens is 4. The van der Waals surface area contributed by atoms with E-state index in [4.69, 9.17) is 0 Å². The number of hydrogen-bond acceptors (Lipinski definition) is 1. The molecule has 0 aliphatic heterocycles. The summed E-state index contributed by atoms with van der Waals surface area (Å²) < 4.78 is 51.4. The fraction of sp³-hybridized carbons (Fsp3) is 0.182. The zero-order valence-corrected chi connectivity index (χ0v) is 8.50. The lowest BCUT2D eigenvalue weighted by molar-refractivity contribution is -0.142. The highest BCUT2D eigenvalue weighted by Crippen LogP contribution is 2.38. The minimum Gasteiger partial charge on any atom is -0.348 e. The number of rotatable bonds is 2. The van der Waals surface area contributed by atoms with E-state index in [1.165, 1.54) is 12.4 Å². The first-order valence-electron chi connectivity index (χ1n) is 4.80. The van der Waals surface area contributed by atoms with Crippen molar-refractivity contribution in [3.05, 3.63) is 53.9 Å². The van der Waals surface area contributed by atoms with Crippen molar-refractivity contribution < 1.29 is 17.6 Å². The summed E-state index contributed by atoms with van der Waals surface area (Å²) >= 11 is 0. The van der Waals surface area contributed by atoms with Crippen LogP contribution in [0.4, 0.5) is 17.6 Å². The van der Waals surface area contributed by atoms with Crippen LogP contribution >= 0.6 is 0 Å². The van der Waals surface area contributed by atoms with Crippen molar-refractivity contribution in [1.82, 2.24) is 9.97 Å². The van der Waals surface area contributed by atoms with Crippen LogP contribution in [0.5, 0.6) is 0 Å². The summed E-state index contributed by atoms with van der Waals surface area (Å²) in [6.45, 7) is 0. The molecule has 2 aromatic rings. The second-order valence-corrected chi connectivity index (χ2v) is 3.50. The van der Waals surface area contributed by atoms with Crippen molar-refractivity contribution in [1.29, 1.82) is 0 Å². The van der Waals surface area contributed by atoms with Gasteiger partial charge in [0.15, 0.2) is 0 Å². The first-order valence-corrected chi connectivity index (χ1v) is 4.80. The topological polar surface area (TPSA) is 28.7 Å². The molecule has 1 aromatic heterocycles. The Balaban J connectivity index is 2.45. The van der Waals surface area contributed by atoms with Crippen molar-refractivity contribution in [3.63, 3.8) is 0 Å². The van der Waals surface area contributed by atoms with Gasteiger partial charge in [-0.25, -0.2) is 9.37 Å². The molecular formula is C11H8F4N2. The number of aromatic nitrogens is 2. The molecule has 0 saturated heterocycles. The van der Waals surface area contributed by atoms with Crippen LogP contribution in [0.1, 0.15) is 17.3 Å². The van der Waals surface area contributed by atoms with Gasteiger partial charge >= 0.3 is 6.18 Å². The van der Waals surface area contributed by atoms with Crippen molar-refractivity contribution in [2.24, 2.45) is 0 Å². The maximum absolute atomic E-state index is 12.9. The van der Waals surface area contributed by atoms with Crippen LogP contribution in [0.3, 0.4) is 0 Å². The fourth-order valence-corrected chi connectivity index (χ4v) is 1.59. The molecule has 1 N–H and O–H groups in total. The summed E-state index contributed by atoms with van der Waals surface area (Å²) in [5, 5.41) is 0. The first kappa shape index (κ1) is 11.6. The van der Waals surface area contributed by atoms with Gasteiger partial charge in [0, 0.05) is 12.4 Å².